The number of hydrogen-bond donors (Lipinski definition) is 0. The van der Waals surface area contributed by atoms with Crippen LogP contribution in [-0.4, -0.2) is 47.4 Å². The first-order valence-corrected chi connectivity index (χ1v) is 7.85. The Morgan fingerprint density at radius 3 is 2.43 bits per heavy atom. The van der Waals surface area contributed by atoms with Gasteiger partial charge in [0, 0.05) is 38.6 Å². The smallest absolute Gasteiger partial charge is 0.225 e. The maximum Gasteiger partial charge on any atom is 0.225 e. The molecule has 1 aliphatic heterocycles. The molecule has 2 aromatic heterocycles. The van der Waals surface area contributed by atoms with Crippen LogP contribution in [-0.2, 0) is 6.42 Å². The van der Waals surface area contributed by atoms with E-state index in [1.165, 1.54) is 11.3 Å². The zero-order valence-corrected chi connectivity index (χ0v) is 12.7. The maximum atomic E-state index is 11.0. The first-order valence-electron chi connectivity index (χ1n) is 7.03. The molecule has 1 aliphatic rings. The minimum atomic E-state index is 0.751. The lowest BCUT2D eigenvalue weighted by molar-refractivity contribution is 0.112. The van der Waals surface area contributed by atoms with Crippen LogP contribution >= 0.6 is 11.3 Å². The standard InChI is InChI=1S/C14H17N5OS/c1-2-11-12(10-20)21-14(17-11)19-8-6-18(7-9-19)13-15-4-3-5-16-13/h3-5,10H,2,6-9H2,1H3. The molecule has 3 rings (SSSR count). The number of carbonyl (C=O) groups is 1. The molecule has 0 aliphatic carbocycles. The molecule has 7 heteroatoms. The van der Waals surface area contributed by atoms with Crippen molar-refractivity contribution >= 4 is 28.7 Å². The van der Waals surface area contributed by atoms with Crippen LogP contribution in [0, 0.1) is 0 Å². The van der Waals surface area contributed by atoms with E-state index < -0.39 is 0 Å². The molecule has 0 amide bonds. The van der Waals surface area contributed by atoms with E-state index in [4.69, 9.17) is 0 Å². The predicted molar refractivity (Wildman–Crippen MR) is 83.3 cm³/mol. The molecule has 3 heterocycles. The van der Waals surface area contributed by atoms with E-state index >= 15 is 0 Å². The molecule has 0 unspecified atom stereocenters. The highest BCUT2D eigenvalue weighted by Crippen LogP contribution is 2.26. The molecule has 1 saturated heterocycles. The maximum absolute atomic E-state index is 11.0. The summed E-state index contributed by atoms with van der Waals surface area (Å²) >= 11 is 1.48. The van der Waals surface area contributed by atoms with Gasteiger partial charge >= 0.3 is 0 Å². The first-order chi connectivity index (χ1) is 10.3. The summed E-state index contributed by atoms with van der Waals surface area (Å²) in [4.78, 5) is 29.4. The van der Waals surface area contributed by atoms with Crippen LogP contribution in [0.1, 0.15) is 22.3 Å². The fourth-order valence-electron chi connectivity index (χ4n) is 2.38. The van der Waals surface area contributed by atoms with E-state index in [-0.39, 0.29) is 0 Å². The number of anilines is 2. The van der Waals surface area contributed by atoms with E-state index in [1.807, 2.05) is 13.0 Å². The fourth-order valence-corrected chi connectivity index (χ4v) is 3.40. The number of aromatic nitrogens is 3. The van der Waals surface area contributed by atoms with Crippen molar-refractivity contribution in [3.8, 4) is 0 Å². The van der Waals surface area contributed by atoms with Crippen LogP contribution < -0.4 is 9.80 Å². The Morgan fingerprint density at radius 2 is 1.86 bits per heavy atom. The monoisotopic (exact) mass is 303 g/mol. The summed E-state index contributed by atoms with van der Waals surface area (Å²) in [6, 6.07) is 1.82. The van der Waals surface area contributed by atoms with E-state index in [2.05, 4.69) is 24.8 Å². The summed E-state index contributed by atoms with van der Waals surface area (Å²) in [6.45, 7) is 5.49. The molecule has 1 fully saturated rings. The summed E-state index contributed by atoms with van der Waals surface area (Å²) < 4.78 is 0. The zero-order valence-electron chi connectivity index (χ0n) is 11.9. The van der Waals surface area contributed by atoms with Gasteiger partial charge in [-0.3, -0.25) is 4.79 Å². The lowest BCUT2D eigenvalue weighted by Gasteiger charge is -2.34. The van der Waals surface area contributed by atoms with Crippen LogP contribution in [0.3, 0.4) is 0 Å². The highest BCUT2D eigenvalue weighted by atomic mass is 32.1. The normalized spacial score (nSPS) is 15.3. The van der Waals surface area contributed by atoms with Crippen molar-refractivity contribution in [1.82, 2.24) is 15.0 Å². The summed E-state index contributed by atoms with van der Waals surface area (Å²) in [5, 5.41) is 0.947. The van der Waals surface area contributed by atoms with Crippen LogP contribution in [0.2, 0.25) is 0 Å². The Kier molecular flexibility index (Phi) is 4.10. The van der Waals surface area contributed by atoms with Gasteiger partial charge in [-0.05, 0) is 12.5 Å². The van der Waals surface area contributed by atoms with Crippen molar-refractivity contribution in [1.29, 1.82) is 0 Å². The second kappa shape index (κ2) is 6.17. The second-order valence-electron chi connectivity index (χ2n) is 4.80. The van der Waals surface area contributed by atoms with E-state index in [9.17, 15) is 4.79 Å². The van der Waals surface area contributed by atoms with E-state index in [1.54, 1.807) is 12.4 Å². The fraction of sp³-hybridized carbons (Fsp3) is 0.429. The van der Waals surface area contributed by atoms with E-state index in [0.717, 1.165) is 60.5 Å². The number of thiazole rings is 1. The number of piperazine rings is 1. The van der Waals surface area contributed by atoms with Gasteiger partial charge in [-0.25, -0.2) is 15.0 Å². The van der Waals surface area contributed by atoms with Crippen molar-refractivity contribution in [3.05, 3.63) is 29.0 Å². The van der Waals surface area contributed by atoms with Crippen LogP contribution in [0.4, 0.5) is 11.1 Å². The largest absolute Gasteiger partial charge is 0.345 e. The Morgan fingerprint density at radius 1 is 1.19 bits per heavy atom. The lowest BCUT2D eigenvalue weighted by Crippen LogP contribution is -2.47. The van der Waals surface area contributed by atoms with Gasteiger partial charge in [0.25, 0.3) is 0 Å². The average Bonchev–Trinajstić information content (AvgIpc) is 2.99. The van der Waals surface area contributed by atoms with Crippen molar-refractivity contribution in [2.24, 2.45) is 0 Å². The minimum absolute atomic E-state index is 0.751. The topological polar surface area (TPSA) is 62.2 Å². The highest BCUT2D eigenvalue weighted by molar-refractivity contribution is 7.17. The molecule has 0 atom stereocenters. The van der Waals surface area contributed by atoms with Gasteiger partial charge in [0.05, 0.1) is 10.6 Å². The Hall–Kier alpha value is -2.02. The van der Waals surface area contributed by atoms with Crippen molar-refractivity contribution in [2.45, 2.75) is 13.3 Å². The van der Waals surface area contributed by atoms with Crippen molar-refractivity contribution in [2.75, 3.05) is 36.0 Å². The minimum Gasteiger partial charge on any atom is -0.345 e. The molecule has 2 aromatic rings. The van der Waals surface area contributed by atoms with Gasteiger partial charge in [-0.1, -0.05) is 18.3 Å². The predicted octanol–water partition coefficient (Wildman–Crippen LogP) is 1.63. The van der Waals surface area contributed by atoms with Crippen molar-refractivity contribution in [3.63, 3.8) is 0 Å². The number of aryl methyl sites for hydroxylation is 1. The molecule has 0 N–H and O–H groups in total. The second-order valence-corrected chi connectivity index (χ2v) is 5.81. The average molecular weight is 303 g/mol. The zero-order chi connectivity index (χ0) is 14.7. The van der Waals surface area contributed by atoms with Crippen LogP contribution in [0.25, 0.3) is 0 Å². The van der Waals surface area contributed by atoms with Gasteiger partial charge in [0.15, 0.2) is 11.4 Å². The molecule has 0 aromatic carbocycles. The molecular weight excluding hydrogens is 286 g/mol. The van der Waals surface area contributed by atoms with Gasteiger partial charge in [0.2, 0.25) is 5.95 Å². The molecule has 110 valence electrons. The van der Waals surface area contributed by atoms with Gasteiger partial charge < -0.3 is 9.80 Å². The third-order valence-electron chi connectivity index (χ3n) is 3.54. The molecule has 0 radical (unpaired) electrons. The Bertz CT molecular complexity index is 607. The molecule has 0 bridgehead atoms. The number of rotatable bonds is 4. The summed E-state index contributed by atoms with van der Waals surface area (Å²) in [5.74, 6) is 0.777. The molecule has 0 spiro atoms. The third kappa shape index (κ3) is 2.87. The first kappa shape index (κ1) is 13.9. The summed E-state index contributed by atoms with van der Waals surface area (Å²) in [6.07, 6.45) is 5.23. The molecule has 0 saturated carbocycles. The molecule has 21 heavy (non-hydrogen) atoms. The highest BCUT2D eigenvalue weighted by Gasteiger charge is 2.22. The van der Waals surface area contributed by atoms with Gasteiger partial charge in [0.1, 0.15) is 0 Å². The number of nitrogens with zero attached hydrogens (tertiary/aromatic N) is 5. The number of aldehydes is 1. The summed E-state index contributed by atoms with van der Waals surface area (Å²) in [5.41, 5.74) is 0.902. The van der Waals surface area contributed by atoms with Crippen LogP contribution in [0.15, 0.2) is 18.5 Å². The Balaban J connectivity index is 1.68. The third-order valence-corrected chi connectivity index (χ3v) is 4.63. The number of carbonyl (C=O) groups excluding carboxylic acids is 1. The molecular formula is C14H17N5OS. The summed E-state index contributed by atoms with van der Waals surface area (Å²) in [7, 11) is 0. The van der Waals surface area contributed by atoms with Crippen LogP contribution in [0.5, 0.6) is 0 Å². The lowest BCUT2D eigenvalue weighted by atomic mass is 10.3. The van der Waals surface area contributed by atoms with Crippen molar-refractivity contribution < 1.29 is 4.79 Å². The number of hydrogen-bond acceptors (Lipinski definition) is 7. The Labute approximate surface area is 127 Å². The molecule has 6 nitrogen and oxygen atoms in total. The SMILES string of the molecule is CCc1nc(N2CCN(c3ncccn3)CC2)sc1C=O. The van der Waals surface area contributed by atoms with Gasteiger partial charge in [-0.2, -0.15) is 0 Å². The van der Waals surface area contributed by atoms with Gasteiger partial charge in [-0.15, -0.1) is 0 Å². The quantitative estimate of drug-likeness (QED) is 0.800. The van der Waals surface area contributed by atoms with E-state index in [0.29, 0.717) is 0 Å².